The molecule has 0 aliphatic rings. The minimum Gasteiger partial charge on any atom is -0.455 e. The Kier molecular flexibility index (Phi) is 7.74. The van der Waals surface area contributed by atoms with Crippen LogP contribution < -0.4 is 0 Å². The fraction of sp³-hybridized carbons (Fsp3) is 0. The number of para-hydroxylation sites is 1. The van der Waals surface area contributed by atoms with E-state index in [1.807, 2.05) is 66.9 Å². The number of pyridine rings is 2. The molecule has 5 nitrogen and oxygen atoms in total. The molecule has 5 heteroatoms. The second-order valence-corrected chi connectivity index (χ2v) is 14.2. The Balaban J connectivity index is 1.02. The van der Waals surface area contributed by atoms with Crippen LogP contribution in [0.3, 0.4) is 0 Å². The molecule has 0 atom stereocenters. The van der Waals surface area contributed by atoms with Gasteiger partial charge in [-0.15, -0.1) is 0 Å². The Hall–Kier alpha value is -7.76. The number of hydrogen-bond acceptors (Lipinski definition) is 5. The molecular weight excluding hydrogens is 697 g/mol. The average molecular weight is 729 g/mol. The highest BCUT2D eigenvalue weighted by atomic mass is 16.3. The van der Waals surface area contributed by atoms with E-state index in [0.717, 1.165) is 105 Å². The van der Waals surface area contributed by atoms with Gasteiger partial charge in [0.25, 0.3) is 0 Å². The van der Waals surface area contributed by atoms with Crippen LogP contribution in [0.15, 0.2) is 199 Å². The van der Waals surface area contributed by atoms with E-state index >= 15 is 0 Å². The van der Waals surface area contributed by atoms with Crippen LogP contribution in [0.25, 0.3) is 111 Å². The molecule has 0 saturated carbocycles. The molecule has 7 aromatic carbocycles. The van der Waals surface area contributed by atoms with E-state index in [1.165, 1.54) is 0 Å². The van der Waals surface area contributed by atoms with Crippen molar-refractivity contribution < 1.29 is 4.42 Å². The number of nitrogens with zero attached hydrogens (tertiary/aromatic N) is 4. The first-order valence-corrected chi connectivity index (χ1v) is 19.0. The van der Waals surface area contributed by atoms with Gasteiger partial charge in [-0.05, 0) is 47.0 Å². The van der Waals surface area contributed by atoms with Crippen molar-refractivity contribution in [1.82, 2.24) is 19.9 Å². The van der Waals surface area contributed by atoms with Crippen molar-refractivity contribution in [3.8, 4) is 67.4 Å². The smallest absolute Gasteiger partial charge is 0.160 e. The lowest BCUT2D eigenvalue weighted by Crippen LogP contribution is -1.96. The summed E-state index contributed by atoms with van der Waals surface area (Å²) in [7, 11) is 0. The Morgan fingerprint density at radius 3 is 1.74 bits per heavy atom. The summed E-state index contributed by atoms with van der Waals surface area (Å²) in [6.45, 7) is 0. The van der Waals surface area contributed by atoms with Crippen LogP contribution in [0.4, 0.5) is 0 Å². The Bertz CT molecular complexity index is 3270. The summed E-state index contributed by atoms with van der Waals surface area (Å²) in [6, 6.07) is 64.7. The predicted molar refractivity (Wildman–Crippen MR) is 233 cm³/mol. The molecule has 266 valence electrons. The fourth-order valence-corrected chi connectivity index (χ4v) is 7.89. The summed E-state index contributed by atoms with van der Waals surface area (Å²) in [5.74, 6) is 0.683. The highest BCUT2D eigenvalue weighted by molar-refractivity contribution is 6.24. The molecular formula is C52H32N4O. The van der Waals surface area contributed by atoms with Crippen molar-refractivity contribution in [3.05, 3.63) is 194 Å². The fourth-order valence-electron chi connectivity index (χ4n) is 7.89. The van der Waals surface area contributed by atoms with Crippen LogP contribution in [0.5, 0.6) is 0 Å². The normalized spacial score (nSPS) is 11.5. The molecule has 0 radical (unpaired) electrons. The minimum atomic E-state index is 0.683. The van der Waals surface area contributed by atoms with Gasteiger partial charge in [0.05, 0.1) is 28.0 Å². The summed E-state index contributed by atoms with van der Waals surface area (Å²) in [5, 5.41) is 4.14. The van der Waals surface area contributed by atoms with Crippen molar-refractivity contribution >= 4 is 43.7 Å². The van der Waals surface area contributed by atoms with E-state index in [0.29, 0.717) is 5.82 Å². The monoisotopic (exact) mass is 728 g/mol. The molecule has 0 bridgehead atoms. The largest absolute Gasteiger partial charge is 0.455 e. The van der Waals surface area contributed by atoms with E-state index in [1.54, 1.807) is 0 Å². The Morgan fingerprint density at radius 1 is 0.368 bits per heavy atom. The van der Waals surface area contributed by atoms with Crippen LogP contribution in [0.2, 0.25) is 0 Å². The van der Waals surface area contributed by atoms with E-state index < -0.39 is 0 Å². The summed E-state index contributed by atoms with van der Waals surface area (Å²) in [6.07, 6.45) is 1.94. The van der Waals surface area contributed by atoms with Crippen LogP contribution in [-0.2, 0) is 0 Å². The lowest BCUT2D eigenvalue weighted by atomic mass is 9.98. The zero-order valence-electron chi connectivity index (χ0n) is 30.7. The van der Waals surface area contributed by atoms with Crippen molar-refractivity contribution in [2.45, 2.75) is 0 Å². The minimum absolute atomic E-state index is 0.683. The molecule has 0 N–H and O–H groups in total. The zero-order chi connectivity index (χ0) is 37.7. The zero-order valence-corrected chi connectivity index (χ0v) is 30.7. The summed E-state index contributed by atoms with van der Waals surface area (Å²) in [5.41, 5.74) is 14.3. The second kappa shape index (κ2) is 13.5. The standard InChI is InChI=1S/C52H32N4O/c1-4-13-33(14-5-1)38-19-12-20-39(29-38)45-31-44(55-52(56-45)37-17-8-3-9-18-37)35-25-23-34(24-26-35)40-30-46-50(53-32-40)48-43(49(54-46)36-15-6-2-7-16-36)28-27-42-41-21-10-11-22-47(41)57-51(42)48/h1-32H. The first-order chi connectivity index (χ1) is 28.2. The van der Waals surface area contributed by atoms with Crippen LogP contribution in [0.1, 0.15) is 0 Å². The molecule has 0 saturated heterocycles. The molecule has 0 unspecified atom stereocenters. The molecule has 0 spiro atoms. The topological polar surface area (TPSA) is 64.7 Å². The first-order valence-electron chi connectivity index (χ1n) is 19.0. The van der Waals surface area contributed by atoms with Gasteiger partial charge < -0.3 is 4.42 Å². The molecule has 11 rings (SSSR count). The van der Waals surface area contributed by atoms with Gasteiger partial charge in [0.15, 0.2) is 5.82 Å². The second-order valence-electron chi connectivity index (χ2n) is 14.2. The van der Waals surface area contributed by atoms with Gasteiger partial charge in [-0.25, -0.2) is 15.0 Å². The number of hydrogen-bond donors (Lipinski definition) is 0. The third-order valence-electron chi connectivity index (χ3n) is 10.7. The van der Waals surface area contributed by atoms with Crippen LogP contribution in [0, 0.1) is 0 Å². The maximum absolute atomic E-state index is 6.56. The van der Waals surface area contributed by atoms with Gasteiger partial charge >= 0.3 is 0 Å². The van der Waals surface area contributed by atoms with Gasteiger partial charge in [0.1, 0.15) is 16.7 Å². The maximum Gasteiger partial charge on any atom is 0.160 e. The van der Waals surface area contributed by atoms with E-state index in [9.17, 15) is 0 Å². The number of benzene rings is 7. The van der Waals surface area contributed by atoms with Crippen LogP contribution >= 0.6 is 0 Å². The van der Waals surface area contributed by atoms with Crippen LogP contribution in [-0.4, -0.2) is 19.9 Å². The van der Waals surface area contributed by atoms with Crippen molar-refractivity contribution in [1.29, 1.82) is 0 Å². The maximum atomic E-state index is 6.56. The number of rotatable bonds is 6. The van der Waals surface area contributed by atoms with Gasteiger partial charge in [-0.2, -0.15) is 0 Å². The lowest BCUT2D eigenvalue weighted by molar-refractivity contribution is 0.673. The molecule has 4 heterocycles. The Morgan fingerprint density at radius 2 is 0.965 bits per heavy atom. The van der Waals surface area contributed by atoms with Crippen molar-refractivity contribution in [3.63, 3.8) is 0 Å². The highest BCUT2D eigenvalue weighted by Crippen LogP contribution is 2.41. The van der Waals surface area contributed by atoms with Gasteiger partial charge in [-0.1, -0.05) is 158 Å². The molecule has 11 aromatic rings. The number of aromatic nitrogens is 4. The van der Waals surface area contributed by atoms with Gasteiger partial charge in [-0.3, -0.25) is 4.98 Å². The molecule has 0 aliphatic heterocycles. The summed E-state index contributed by atoms with van der Waals surface area (Å²) < 4.78 is 6.56. The van der Waals surface area contributed by atoms with Gasteiger partial charge in [0.2, 0.25) is 0 Å². The SMILES string of the molecule is c1ccc(-c2cccc(-c3cc(-c4ccc(-c5cnc6c(c5)nc(-c5ccccc5)c5ccc7c8ccccc8oc7c56)cc4)nc(-c4ccccc4)n3)c2)cc1. The average Bonchev–Trinajstić information content (AvgIpc) is 3.68. The molecule has 0 fully saturated rings. The number of furan rings is 1. The highest BCUT2D eigenvalue weighted by Gasteiger charge is 2.19. The van der Waals surface area contributed by atoms with Crippen molar-refractivity contribution in [2.75, 3.05) is 0 Å². The number of fused-ring (bicyclic) bond motifs is 7. The molecule has 0 aliphatic carbocycles. The van der Waals surface area contributed by atoms with E-state index in [2.05, 4.69) is 127 Å². The predicted octanol–water partition coefficient (Wildman–Crippen LogP) is 13.5. The molecule has 4 aromatic heterocycles. The first kappa shape index (κ1) is 32.7. The Labute approximate surface area is 328 Å². The van der Waals surface area contributed by atoms with Gasteiger partial charge in [0, 0.05) is 50.2 Å². The third-order valence-corrected chi connectivity index (χ3v) is 10.7. The third kappa shape index (κ3) is 5.81. The lowest BCUT2D eigenvalue weighted by Gasteiger charge is -2.12. The van der Waals surface area contributed by atoms with E-state index in [-0.39, 0.29) is 0 Å². The van der Waals surface area contributed by atoms with E-state index in [4.69, 9.17) is 24.4 Å². The molecule has 57 heavy (non-hydrogen) atoms. The quantitative estimate of drug-likeness (QED) is 0.160. The summed E-state index contributed by atoms with van der Waals surface area (Å²) >= 11 is 0. The summed E-state index contributed by atoms with van der Waals surface area (Å²) in [4.78, 5) is 20.5. The van der Waals surface area contributed by atoms with Crippen molar-refractivity contribution in [2.24, 2.45) is 0 Å². The molecule has 0 amide bonds.